The van der Waals surface area contributed by atoms with Crippen LogP contribution in [0.1, 0.15) is 62.9 Å². The SMILES string of the molecule is CCc1nn(C)c(CC)c1CNC(=NC)NC1CCN(C2CCCC2)C1.I. The van der Waals surface area contributed by atoms with Crippen molar-refractivity contribution in [2.24, 2.45) is 12.0 Å². The highest BCUT2D eigenvalue weighted by atomic mass is 127. The zero-order valence-electron chi connectivity index (χ0n) is 17.4. The standard InChI is InChI=1S/C20H36N6.HI/c1-5-18-17(19(6-2)25(4)24-18)13-22-20(21-3)23-15-11-12-26(14-15)16-9-7-8-10-16;/h15-16H,5-14H2,1-4H3,(H2,21,22,23);1H. The van der Waals surface area contributed by atoms with Crippen molar-refractivity contribution in [2.75, 3.05) is 20.1 Å². The molecule has 1 saturated carbocycles. The summed E-state index contributed by atoms with van der Waals surface area (Å²) in [5, 5.41) is 11.8. The molecule has 2 fully saturated rings. The lowest BCUT2D eigenvalue weighted by Gasteiger charge is -2.24. The Morgan fingerprint density at radius 3 is 2.56 bits per heavy atom. The smallest absolute Gasteiger partial charge is 0.191 e. The minimum Gasteiger partial charge on any atom is -0.352 e. The van der Waals surface area contributed by atoms with Crippen LogP contribution >= 0.6 is 24.0 Å². The van der Waals surface area contributed by atoms with Crippen LogP contribution in [0.25, 0.3) is 0 Å². The number of aromatic nitrogens is 2. The predicted molar refractivity (Wildman–Crippen MR) is 123 cm³/mol. The summed E-state index contributed by atoms with van der Waals surface area (Å²) in [4.78, 5) is 7.14. The van der Waals surface area contributed by atoms with Crippen LogP contribution in [0.15, 0.2) is 4.99 Å². The number of nitrogens with one attached hydrogen (secondary N) is 2. The van der Waals surface area contributed by atoms with Crippen molar-refractivity contribution in [3.8, 4) is 0 Å². The van der Waals surface area contributed by atoms with Crippen molar-refractivity contribution in [2.45, 2.75) is 77.4 Å². The highest BCUT2D eigenvalue weighted by Crippen LogP contribution is 2.26. The molecule has 1 saturated heterocycles. The van der Waals surface area contributed by atoms with Gasteiger partial charge in [0.05, 0.1) is 5.69 Å². The normalized spacial score (nSPS) is 21.5. The maximum Gasteiger partial charge on any atom is 0.191 e. The fraction of sp³-hybridized carbons (Fsp3) is 0.800. The maximum atomic E-state index is 4.67. The second kappa shape index (κ2) is 10.6. The Hall–Kier alpha value is -0.830. The van der Waals surface area contributed by atoms with Gasteiger partial charge < -0.3 is 10.6 Å². The Bertz CT molecular complexity index is 620. The van der Waals surface area contributed by atoms with E-state index in [2.05, 4.69) is 39.5 Å². The molecule has 1 aliphatic heterocycles. The van der Waals surface area contributed by atoms with Crippen molar-refractivity contribution < 1.29 is 0 Å². The van der Waals surface area contributed by atoms with E-state index in [-0.39, 0.29) is 24.0 Å². The first-order valence-corrected chi connectivity index (χ1v) is 10.4. The maximum absolute atomic E-state index is 4.67. The molecule has 7 heteroatoms. The molecule has 2 N–H and O–H groups in total. The highest BCUT2D eigenvalue weighted by molar-refractivity contribution is 14.0. The van der Waals surface area contributed by atoms with Crippen LogP contribution in [-0.2, 0) is 26.4 Å². The number of rotatable bonds is 6. The summed E-state index contributed by atoms with van der Waals surface area (Å²) in [5.41, 5.74) is 3.85. The van der Waals surface area contributed by atoms with Gasteiger partial charge in [-0.15, -0.1) is 24.0 Å². The fourth-order valence-electron chi connectivity index (χ4n) is 4.66. The van der Waals surface area contributed by atoms with Gasteiger partial charge in [0.1, 0.15) is 0 Å². The molecular weight excluding hydrogens is 451 g/mol. The van der Waals surface area contributed by atoms with E-state index in [1.165, 1.54) is 55.6 Å². The van der Waals surface area contributed by atoms with Gasteiger partial charge in [0.2, 0.25) is 0 Å². The second-order valence-electron chi connectivity index (χ2n) is 7.69. The number of nitrogens with zero attached hydrogens (tertiary/aromatic N) is 4. The molecule has 2 heterocycles. The van der Waals surface area contributed by atoms with E-state index >= 15 is 0 Å². The monoisotopic (exact) mass is 488 g/mol. The van der Waals surface area contributed by atoms with E-state index in [1.807, 2.05) is 18.8 Å². The van der Waals surface area contributed by atoms with Crippen molar-refractivity contribution >= 4 is 29.9 Å². The van der Waals surface area contributed by atoms with Gasteiger partial charge in [0.25, 0.3) is 0 Å². The van der Waals surface area contributed by atoms with Crippen LogP contribution in [0.3, 0.4) is 0 Å². The van der Waals surface area contributed by atoms with E-state index in [1.54, 1.807) is 0 Å². The molecule has 2 aliphatic rings. The summed E-state index contributed by atoms with van der Waals surface area (Å²) in [5.74, 6) is 0.913. The molecule has 0 radical (unpaired) electrons. The Labute approximate surface area is 181 Å². The molecule has 154 valence electrons. The van der Waals surface area contributed by atoms with Crippen molar-refractivity contribution in [3.05, 3.63) is 17.0 Å². The Balaban J connectivity index is 0.00000261. The summed E-state index contributed by atoms with van der Waals surface area (Å²) < 4.78 is 2.03. The van der Waals surface area contributed by atoms with E-state index in [4.69, 9.17) is 0 Å². The zero-order valence-corrected chi connectivity index (χ0v) is 19.8. The molecule has 1 aliphatic carbocycles. The fourth-order valence-corrected chi connectivity index (χ4v) is 4.66. The zero-order chi connectivity index (χ0) is 18.5. The molecule has 1 unspecified atom stereocenters. The lowest BCUT2D eigenvalue weighted by Crippen LogP contribution is -2.45. The molecule has 3 rings (SSSR count). The average Bonchev–Trinajstić information content (AvgIpc) is 3.38. The largest absolute Gasteiger partial charge is 0.352 e. The van der Waals surface area contributed by atoms with Crippen LogP contribution in [0, 0.1) is 0 Å². The molecule has 0 spiro atoms. The third-order valence-corrected chi connectivity index (χ3v) is 6.09. The number of halogens is 1. The van der Waals surface area contributed by atoms with Crippen LogP contribution in [0.4, 0.5) is 0 Å². The van der Waals surface area contributed by atoms with E-state index in [0.29, 0.717) is 6.04 Å². The topological polar surface area (TPSA) is 57.5 Å². The van der Waals surface area contributed by atoms with Gasteiger partial charge in [-0.05, 0) is 32.1 Å². The number of hydrogen-bond donors (Lipinski definition) is 2. The van der Waals surface area contributed by atoms with Crippen LogP contribution in [0.5, 0.6) is 0 Å². The summed E-state index contributed by atoms with van der Waals surface area (Å²) in [6.45, 7) is 7.54. The Kier molecular flexibility index (Phi) is 8.85. The summed E-state index contributed by atoms with van der Waals surface area (Å²) in [6.07, 6.45) is 8.78. The first-order valence-electron chi connectivity index (χ1n) is 10.4. The predicted octanol–water partition coefficient (Wildman–Crippen LogP) is 2.84. The van der Waals surface area contributed by atoms with Gasteiger partial charge in [0.15, 0.2) is 5.96 Å². The Morgan fingerprint density at radius 1 is 1.19 bits per heavy atom. The highest BCUT2D eigenvalue weighted by Gasteiger charge is 2.30. The first-order chi connectivity index (χ1) is 12.7. The average molecular weight is 488 g/mol. The molecule has 27 heavy (non-hydrogen) atoms. The molecule has 0 amide bonds. The van der Waals surface area contributed by atoms with Crippen molar-refractivity contribution in [3.63, 3.8) is 0 Å². The van der Waals surface area contributed by atoms with E-state index < -0.39 is 0 Å². The van der Waals surface area contributed by atoms with Crippen LogP contribution < -0.4 is 10.6 Å². The van der Waals surface area contributed by atoms with Gasteiger partial charge >= 0.3 is 0 Å². The van der Waals surface area contributed by atoms with Crippen molar-refractivity contribution in [1.29, 1.82) is 0 Å². The summed E-state index contributed by atoms with van der Waals surface area (Å²) >= 11 is 0. The van der Waals surface area contributed by atoms with Gasteiger partial charge in [-0.2, -0.15) is 5.10 Å². The number of likely N-dealkylation sites (tertiary alicyclic amines) is 1. The molecule has 1 aromatic rings. The molecular formula is C20H37IN6. The first kappa shape index (κ1) is 22.5. The molecule has 0 aromatic carbocycles. The molecule has 6 nitrogen and oxygen atoms in total. The van der Waals surface area contributed by atoms with E-state index in [0.717, 1.165) is 37.9 Å². The molecule has 1 aromatic heterocycles. The Morgan fingerprint density at radius 2 is 1.93 bits per heavy atom. The third-order valence-electron chi connectivity index (χ3n) is 6.09. The van der Waals surface area contributed by atoms with E-state index in [9.17, 15) is 0 Å². The van der Waals surface area contributed by atoms with Crippen LogP contribution in [0.2, 0.25) is 0 Å². The quantitative estimate of drug-likeness (QED) is 0.368. The van der Waals surface area contributed by atoms with Gasteiger partial charge in [-0.25, -0.2) is 0 Å². The third kappa shape index (κ3) is 5.37. The van der Waals surface area contributed by atoms with Gasteiger partial charge in [-0.1, -0.05) is 26.7 Å². The lowest BCUT2D eigenvalue weighted by molar-refractivity contribution is 0.242. The summed E-state index contributed by atoms with van der Waals surface area (Å²) in [6, 6.07) is 1.33. The number of aryl methyl sites for hydroxylation is 2. The molecule has 1 atom stereocenters. The lowest BCUT2D eigenvalue weighted by atomic mass is 10.1. The van der Waals surface area contributed by atoms with Crippen LogP contribution in [-0.4, -0.2) is 52.9 Å². The number of guanidine groups is 1. The number of aliphatic imine (C=N–C) groups is 1. The van der Waals surface area contributed by atoms with Gasteiger partial charge in [0, 0.05) is 57.1 Å². The minimum absolute atomic E-state index is 0. The number of hydrogen-bond acceptors (Lipinski definition) is 3. The minimum atomic E-state index is 0. The molecule has 0 bridgehead atoms. The summed E-state index contributed by atoms with van der Waals surface area (Å²) in [7, 11) is 3.91. The van der Waals surface area contributed by atoms with Crippen molar-refractivity contribution in [1.82, 2.24) is 25.3 Å². The van der Waals surface area contributed by atoms with Gasteiger partial charge in [-0.3, -0.25) is 14.6 Å². The second-order valence-corrected chi connectivity index (χ2v) is 7.69.